The van der Waals surface area contributed by atoms with Gasteiger partial charge in [0, 0.05) is 11.8 Å². The van der Waals surface area contributed by atoms with Gasteiger partial charge in [-0.25, -0.2) is 4.98 Å². The van der Waals surface area contributed by atoms with Crippen molar-refractivity contribution in [3.05, 3.63) is 36.4 Å². The third-order valence-electron chi connectivity index (χ3n) is 3.35. The zero-order valence-electron chi connectivity index (χ0n) is 13.1. The monoisotopic (exact) mass is 313 g/mol. The van der Waals surface area contributed by atoms with E-state index in [1.165, 1.54) is 0 Å². The van der Waals surface area contributed by atoms with Crippen molar-refractivity contribution in [2.45, 2.75) is 26.3 Å². The van der Waals surface area contributed by atoms with Crippen LogP contribution in [0, 0.1) is 17.2 Å². The first-order valence-corrected chi connectivity index (χ1v) is 7.38. The minimum atomic E-state index is -0.669. The lowest BCUT2D eigenvalue weighted by atomic mass is 10.0. The molecule has 0 fully saturated rings. The highest BCUT2D eigenvalue weighted by molar-refractivity contribution is 5.98. The number of pyridine rings is 1. The summed E-state index contributed by atoms with van der Waals surface area (Å²) in [7, 11) is 0. The lowest BCUT2D eigenvalue weighted by molar-refractivity contribution is -0.123. The van der Waals surface area contributed by atoms with Gasteiger partial charge in [0.25, 0.3) is 5.91 Å². The summed E-state index contributed by atoms with van der Waals surface area (Å²) in [6, 6.07) is 4.57. The Morgan fingerprint density at radius 1 is 1.43 bits per heavy atom. The van der Waals surface area contributed by atoms with E-state index in [1.54, 1.807) is 35.3 Å². The lowest BCUT2D eigenvalue weighted by Crippen LogP contribution is -2.47. The van der Waals surface area contributed by atoms with Crippen LogP contribution in [-0.2, 0) is 4.79 Å². The van der Waals surface area contributed by atoms with Crippen LogP contribution in [0.25, 0.3) is 5.52 Å². The quantitative estimate of drug-likeness (QED) is 0.781. The second-order valence-corrected chi connectivity index (χ2v) is 5.67. The van der Waals surface area contributed by atoms with Crippen molar-refractivity contribution in [2.75, 3.05) is 6.54 Å². The number of fused-ring (bicyclic) bond motifs is 1. The van der Waals surface area contributed by atoms with Crippen LogP contribution in [-0.4, -0.2) is 33.8 Å². The fraction of sp³-hybridized carbons (Fsp3) is 0.375. The molecule has 120 valence electrons. The van der Waals surface area contributed by atoms with Crippen molar-refractivity contribution in [3.63, 3.8) is 0 Å². The number of carbonyl (C=O) groups is 2. The van der Waals surface area contributed by atoms with Gasteiger partial charge in [0.15, 0.2) is 0 Å². The molecular weight excluding hydrogens is 294 g/mol. The first kappa shape index (κ1) is 16.5. The number of carbonyl (C=O) groups excluding carboxylic acids is 2. The molecule has 2 amide bonds. The molecule has 2 rings (SSSR count). The number of amides is 2. The molecule has 0 bridgehead atoms. The second kappa shape index (κ2) is 7.40. The minimum absolute atomic E-state index is 0.0783. The molecule has 7 nitrogen and oxygen atoms in total. The minimum Gasteiger partial charge on any atom is -0.341 e. The summed E-state index contributed by atoms with van der Waals surface area (Å²) >= 11 is 0. The van der Waals surface area contributed by atoms with E-state index in [0.29, 0.717) is 12.0 Å². The van der Waals surface area contributed by atoms with Gasteiger partial charge in [-0.3, -0.25) is 9.59 Å². The molecule has 1 unspecified atom stereocenters. The van der Waals surface area contributed by atoms with Crippen molar-refractivity contribution >= 4 is 17.3 Å². The van der Waals surface area contributed by atoms with E-state index in [9.17, 15) is 9.59 Å². The first-order chi connectivity index (χ1) is 11.0. The molecule has 2 aromatic heterocycles. The molecule has 0 radical (unpaired) electrons. The van der Waals surface area contributed by atoms with Gasteiger partial charge in [-0.1, -0.05) is 13.8 Å². The fourth-order valence-electron chi connectivity index (χ4n) is 2.25. The highest BCUT2D eigenvalue weighted by atomic mass is 16.2. The van der Waals surface area contributed by atoms with Crippen LogP contribution in [0.5, 0.6) is 0 Å². The Morgan fingerprint density at radius 3 is 2.91 bits per heavy atom. The molecular formula is C16H19N5O2. The molecule has 0 aliphatic rings. The van der Waals surface area contributed by atoms with Gasteiger partial charge in [0.2, 0.25) is 5.91 Å². The Labute approximate surface area is 134 Å². The smallest absolute Gasteiger partial charge is 0.252 e. The molecule has 0 spiro atoms. The number of nitrogens with zero attached hydrogens (tertiary/aromatic N) is 3. The van der Waals surface area contributed by atoms with Crippen LogP contribution in [0.15, 0.2) is 30.9 Å². The predicted octanol–water partition coefficient (Wildman–Crippen LogP) is 1.12. The number of hydrogen-bond donors (Lipinski definition) is 2. The topological polar surface area (TPSA) is 99.3 Å². The molecule has 23 heavy (non-hydrogen) atoms. The maximum atomic E-state index is 12.4. The van der Waals surface area contributed by atoms with Crippen molar-refractivity contribution < 1.29 is 9.59 Å². The summed E-state index contributed by atoms with van der Waals surface area (Å²) < 4.78 is 1.79. The summed E-state index contributed by atoms with van der Waals surface area (Å²) in [5.41, 5.74) is 1.26. The highest BCUT2D eigenvalue weighted by Gasteiger charge is 2.22. The Bertz CT molecular complexity index is 744. The van der Waals surface area contributed by atoms with Gasteiger partial charge in [0.1, 0.15) is 12.6 Å². The van der Waals surface area contributed by atoms with E-state index in [4.69, 9.17) is 5.26 Å². The van der Waals surface area contributed by atoms with Crippen molar-refractivity contribution in [1.29, 1.82) is 5.26 Å². The Kier molecular flexibility index (Phi) is 5.31. The number of nitriles is 1. The fourth-order valence-corrected chi connectivity index (χ4v) is 2.25. The Morgan fingerprint density at radius 2 is 2.22 bits per heavy atom. The molecule has 0 aromatic carbocycles. The van der Waals surface area contributed by atoms with E-state index < -0.39 is 6.04 Å². The van der Waals surface area contributed by atoms with E-state index in [2.05, 4.69) is 15.6 Å². The molecule has 0 saturated heterocycles. The largest absolute Gasteiger partial charge is 0.341 e. The standard InChI is InChI=1S/C16H19N5O2/c1-11(2)7-14(16(23)19-5-4-17)20-15(22)12-3-6-21-10-18-9-13(21)8-12/h3,6,8-11,14H,5,7H2,1-2H3,(H,19,23)(H,20,22). The summed E-state index contributed by atoms with van der Waals surface area (Å²) in [4.78, 5) is 28.5. The summed E-state index contributed by atoms with van der Waals surface area (Å²) in [6.07, 6.45) is 5.54. The van der Waals surface area contributed by atoms with E-state index in [-0.39, 0.29) is 24.3 Å². The maximum absolute atomic E-state index is 12.4. The molecule has 2 aromatic rings. The highest BCUT2D eigenvalue weighted by Crippen LogP contribution is 2.09. The van der Waals surface area contributed by atoms with Gasteiger partial charge in [-0.05, 0) is 24.5 Å². The van der Waals surface area contributed by atoms with Crippen molar-refractivity contribution in [1.82, 2.24) is 20.0 Å². The SMILES string of the molecule is CC(C)CC(NC(=O)c1ccn2cncc2c1)C(=O)NCC#N. The Balaban J connectivity index is 2.12. The number of imidazole rings is 1. The number of rotatable bonds is 6. The van der Waals surface area contributed by atoms with E-state index in [1.807, 2.05) is 19.9 Å². The second-order valence-electron chi connectivity index (χ2n) is 5.67. The molecule has 1 atom stereocenters. The normalized spacial score (nSPS) is 11.9. The van der Waals surface area contributed by atoms with Crippen LogP contribution < -0.4 is 10.6 Å². The summed E-state index contributed by atoms with van der Waals surface area (Å²) in [5.74, 6) is -0.448. The number of aromatic nitrogens is 2. The van der Waals surface area contributed by atoms with Crippen LogP contribution in [0.4, 0.5) is 0 Å². The van der Waals surface area contributed by atoms with Gasteiger partial charge in [-0.15, -0.1) is 0 Å². The Hall–Kier alpha value is -2.88. The molecule has 2 N–H and O–H groups in total. The molecule has 7 heteroatoms. The lowest BCUT2D eigenvalue weighted by Gasteiger charge is -2.19. The van der Waals surface area contributed by atoms with Crippen LogP contribution >= 0.6 is 0 Å². The number of nitrogens with one attached hydrogen (secondary N) is 2. The summed E-state index contributed by atoms with van der Waals surface area (Å²) in [5, 5.41) is 13.8. The number of hydrogen-bond acceptors (Lipinski definition) is 4. The molecule has 2 heterocycles. The third-order valence-corrected chi connectivity index (χ3v) is 3.35. The van der Waals surface area contributed by atoms with Gasteiger partial charge in [0.05, 0.1) is 24.1 Å². The van der Waals surface area contributed by atoms with Crippen molar-refractivity contribution in [3.8, 4) is 6.07 Å². The molecule has 0 aliphatic heterocycles. The molecule has 0 aliphatic carbocycles. The van der Waals surface area contributed by atoms with E-state index in [0.717, 1.165) is 5.52 Å². The van der Waals surface area contributed by atoms with Gasteiger partial charge >= 0.3 is 0 Å². The van der Waals surface area contributed by atoms with Gasteiger partial charge < -0.3 is 15.0 Å². The average Bonchev–Trinajstić information content (AvgIpc) is 2.98. The van der Waals surface area contributed by atoms with Crippen LogP contribution in [0.2, 0.25) is 0 Å². The van der Waals surface area contributed by atoms with E-state index >= 15 is 0 Å². The third kappa shape index (κ3) is 4.30. The zero-order valence-corrected chi connectivity index (χ0v) is 13.1. The summed E-state index contributed by atoms with van der Waals surface area (Å²) in [6.45, 7) is 3.86. The van der Waals surface area contributed by atoms with Crippen molar-refractivity contribution in [2.24, 2.45) is 5.92 Å². The van der Waals surface area contributed by atoms with Crippen LogP contribution in [0.3, 0.4) is 0 Å². The predicted molar refractivity (Wildman–Crippen MR) is 84.5 cm³/mol. The molecule has 0 saturated carbocycles. The van der Waals surface area contributed by atoms with Crippen LogP contribution in [0.1, 0.15) is 30.6 Å². The average molecular weight is 313 g/mol. The maximum Gasteiger partial charge on any atom is 0.252 e. The first-order valence-electron chi connectivity index (χ1n) is 7.38. The zero-order chi connectivity index (χ0) is 16.8. The van der Waals surface area contributed by atoms with Gasteiger partial charge in [-0.2, -0.15) is 5.26 Å².